The molecule has 0 rings (SSSR count). The third kappa shape index (κ3) is 5.79. The molecule has 0 aromatic carbocycles. The van der Waals surface area contributed by atoms with Crippen molar-refractivity contribution >= 4 is 15.2 Å². The minimum Gasteiger partial charge on any atom is -0.324 e. The van der Waals surface area contributed by atoms with Gasteiger partial charge in [-0.15, -0.1) is 0 Å². The van der Waals surface area contributed by atoms with Gasteiger partial charge in [-0.25, -0.2) is 0 Å². The lowest BCUT2D eigenvalue weighted by atomic mass is 9.89. The van der Waals surface area contributed by atoms with E-state index in [0.29, 0.717) is 0 Å². The van der Waals surface area contributed by atoms with Gasteiger partial charge >= 0.3 is 56.9 Å². The molecule has 1 unspecified atom stereocenters. The first-order chi connectivity index (χ1) is 14.3. The van der Waals surface area contributed by atoms with Gasteiger partial charge in [0.15, 0.2) is 0 Å². The maximum Gasteiger partial charge on any atom is 0.460 e. The van der Waals surface area contributed by atoms with Gasteiger partial charge < -0.3 is 19.6 Å². The molecule has 206 valence electrons. The minimum atomic E-state index is -8.56. The highest BCUT2D eigenvalue weighted by Crippen LogP contribution is 2.63. The van der Waals surface area contributed by atoms with E-state index in [1.165, 1.54) is 0 Å². The molecule has 0 radical (unpaired) electrons. The molecule has 0 spiro atoms. The van der Waals surface area contributed by atoms with Crippen molar-refractivity contribution in [3.63, 3.8) is 0 Å². The Morgan fingerprint density at radius 2 is 0.882 bits per heavy atom. The summed E-state index contributed by atoms with van der Waals surface area (Å²) >= 11 is 0. The molecule has 4 N–H and O–H groups in total. The second-order valence-electron chi connectivity index (χ2n) is 6.70. The minimum absolute atomic E-state index is 1.78. The van der Waals surface area contributed by atoms with Gasteiger partial charge in [-0.3, -0.25) is 9.13 Å². The van der Waals surface area contributed by atoms with Crippen LogP contribution in [0.5, 0.6) is 0 Å². The molecule has 23 heteroatoms. The van der Waals surface area contributed by atoms with Gasteiger partial charge in [0.2, 0.25) is 0 Å². The Labute approximate surface area is 177 Å². The van der Waals surface area contributed by atoms with E-state index in [2.05, 4.69) is 0 Å². The van der Waals surface area contributed by atoms with Crippen LogP contribution in [0.15, 0.2) is 0 Å². The lowest BCUT2D eigenvalue weighted by molar-refractivity contribution is -0.452. The van der Waals surface area contributed by atoms with E-state index in [-0.39, 0.29) is 0 Å². The molecule has 0 saturated heterocycles. The van der Waals surface area contributed by atoms with Crippen LogP contribution in [0.2, 0.25) is 0 Å². The lowest BCUT2D eigenvalue weighted by Crippen LogP contribution is -2.72. The van der Waals surface area contributed by atoms with Crippen LogP contribution < -0.4 is 0 Å². The highest BCUT2D eigenvalue weighted by molar-refractivity contribution is 7.53. The Morgan fingerprint density at radius 3 is 1.18 bits per heavy atom. The number of hydrogen-bond acceptors (Lipinski definition) is 2. The Morgan fingerprint density at radius 1 is 0.559 bits per heavy atom. The maximum atomic E-state index is 13.8. The summed E-state index contributed by atoms with van der Waals surface area (Å²) in [5, 5.41) is 0. The number of halogens is 15. The Bertz CT molecular complexity index is 829. The largest absolute Gasteiger partial charge is 0.460 e. The summed E-state index contributed by atoms with van der Waals surface area (Å²) in [6.45, 7) is 0. The van der Waals surface area contributed by atoms with E-state index in [4.69, 9.17) is 19.6 Å². The molecule has 0 amide bonds. The van der Waals surface area contributed by atoms with Gasteiger partial charge in [-0.1, -0.05) is 0 Å². The van der Waals surface area contributed by atoms with Crippen molar-refractivity contribution in [2.24, 2.45) is 0 Å². The highest BCUT2D eigenvalue weighted by atomic mass is 31.2. The van der Waals surface area contributed by atoms with Crippen LogP contribution in [0.4, 0.5) is 65.9 Å². The van der Waals surface area contributed by atoms with E-state index < -0.39 is 81.6 Å². The second-order valence-corrected chi connectivity index (χ2v) is 10.4. The van der Waals surface area contributed by atoms with Crippen LogP contribution in [-0.4, -0.2) is 73.1 Å². The quantitative estimate of drug-likeness (QED) is 0.203. The van der Waals surface area contributed by atoms with Gasteiger partial charge in [0.25, 0.3) is 0 Å². The van der Waals surface area contributed by atoms with Crippen molar-refractivity contribution in [3.05, 3.63) is 0 Å². The molecule has 0 bridgehead atoms. The lowest BCUT2D eigenvalue weighted by Gasteiger charge is -2.42. The van der Waals surface area contributed by atoms with Crippen LogP contribution in [-0.2, 0) is 9.13 Å². The smallest absolute Gasteiger partial charge is 0.324 e. The van der Waals surface area contributed by atoms with E-state index in [1.54, 1.807) is 0 Å². The third-order valence-corrected chi connectivity index (χ3v) is 6.35. The van der Waals surface area contributed by atoms with Crippen molar-refractivity contribution in [2.75, 3.05) is 6.16 Å². The fourth-order valence-corrected chi connectivity index (χ4v) is 3.91. The zero-order valence-corrected chi connectivity index (χ0v) is 17.2. The van der Waals surface area contributed by atoms with Gasteiger partial charge in [-0.2, -0.15) is 65.9 Å². The van der Waals surface area contributed by atoms with Crippen molar-refractivity contribution in [1.29, 1.82) is 0 Å². The Hall–Kier alpha value is -0.750. The topological polar surface area (TPSA) is 115 Å². The molecule has 0 heterocycles. The highest BCUT2D eigenvalue weighted by Gasteiger charge is 2.93. The molecule has 0 saturated carbocycles. The average Bonchev–Trinajstić information content (AvgIpc) is 2.54. The first kappa shape index (κ1) is 33.2. The summed E-state index contributed by atoms with van der Waals surface area (Å²) < 4.78 is 218. The SMILES string of the molecule is O=P(O)(O)CCC(CC(F)(F)C(F)(F)C(F)(F)C(F)(F)C(F)(F)C(F)(F)C(F)(F)F)P(=O)(O)O. The summed E-state index contributed by atoms with van der Waals surface area (Å²) in [4.78, 5) is 34.6. The molecule has 0 aliphatic carbocycles. The maximum absolute atomic E-state index is 13.8. The molecular weight excluding hydrogens is 575 g/mol. The van der Waals surface area contributed by atoms with E-state index in [9.17, 15) is 75.0 Å². The second kappa shape index (κ2) is 8.97. The van der Waals surface area contributed by atoms with Crippen LogP contribution >= 0.6 is 15.2 Å². The van der Waals surface area contributed by atoms with Gasteiger partial charge in [0.05, 0.1) is 11.8 Å². The molecule has 0 fully saturated rings. The molecule has 0 aliphatic heterocycles. The third-order valence-electron chi connectivity index (χ3n) is 4.11. The van der Waals surface area contributed by atoms with Gasteiger partial charge in [0, 0.05) is 6.42 Å². The summed E-state index contributed by atoms with van der Waals surface area (Å²) in [7, 11) is -11.6. The first-order valence-electron chi connectivity index (χ1n) is 7.74. The van der Waals surface area contributed by atoms with Crippen LogP contribution in [0.3, 0.4) is 0 Å². The van der Waals surface area contributed by atoms with Gasteiger partial charge in [-0.05, 0) is 6.42 Å². The van der Waals surface area contributed by atoms with E-state index >= 15 is 0 Å². The molecule has 0 aromatic heterocycles. The van der Waals surface area contributed by atoms with Crippen molar-refractivity contribution < 1.29 is 94.6 Å². The number of rotatable bonds is 11. The average molecular weight is 586 g/mol. The van der Waals surface area contributed by atoms with E-state index in [1.807, 2.05) is 0 Å². The van der Waals surface area contributed by atoms with Crippen LogP contribution in [0, 0.1) is 0 Å². The molecule has 0 aromatic rings. The van der Waals surface area contributed by atoms with Crippen molar-refractivity contribution in [2.45, 2.75) is 60.2 Å². The summed E-state index contributed by atoms with van der Waals surface area (Å²) in [6.07, 6.45) is -14.8. The monoisotopic (exact) mass is 586 g/mol. The van der Waals surface area contributed by atoms with Crippen molar-refractivity contribution in [3.8, 4) is 0 Å². The molecule has 1 atom stereocenters. The molecular formula is C11H11F15O6P2. The number of hydrogen-bond donors (Lipinski definition) is 4. The number of alkyl halides is 15. The van der Waals surface area contributed by atoms with Crippen LogP contribution in [0.1, 0.15) is 12.8 Å². The fraction of sp³-hybridized carbons (Fsp3) is 1.00. The predicted molar refractivity (Wildman–Crippen MR) is 77.7 cm³/mol. The standard InChI is InChI=1S/C11H11F15O6P2/c12-5(13,3-4(34(30,31)32)1-2-33(27,28)29)6(14,15)7(16,17)8(18,19)9(20,21)10(22,23)11(24,25)26/h4H,1-3H2,(H2,27,28,29)(H2,30,31,32). The normalized spacial score (nSPS) is 17.1. The van der Waals surface area contributed by atoms with Crippen molar-refractivity contribution in [1.82, 2.24) is 0 Å². The van der Waals surface area contributed by atoms with E-state index in [0.717, 1.165) is 0 Å². The Balaban J connectivity index is 6.54. The van der Waals surface area contributed by atoms with Crippen LogP contribution in [0.25, 0.3) is 0 Å². The molecule has 34 heavy (non-hydrogen) atoms. The molecule has 0 aliphatic rings. The Kier molecular flexibility index (Phi) is 8.77. The summed E-state index contributed by atoms with van der Waals surface area (Å²) in [5.74, 6) is -48.6. The zero-order valence-electron chi connectivity index (χ0n) is 15.4. The van der Waals surface area contributed by atoms with Gasteiger partial charge in [0.1, 0.15) is 0 Å². The predicted octanol–water partition coefficient (Wildman–Crippen LogP) is 4.86. The fourth-order valence-electron chi connectivity index (χ4n) is 2.13. The molecule has 6 nitrogen and oxygen atoms in total. The summed E-state index contributed by atoms with van der Waals surface area (Å²) in [6, 6.07) is 0. The first-order valence-corrected chi connectivity index (χ1v) is 11.2. The zero-order chi connectivity index (χ0) is 28.2. The summed E-state index contributed by atoms with van der Waals surface area (Å²) in [5.41, 5.74) is -3.43.